The molecule has 1 aromatic heterocycles. The van der Waals surface area contributed by atoms with Gasteiger partial charge in [-0.2, -0.15) is 0 Å². The molecule has 1 aromatic carbocycles. The molecule has 0 aliphatic carbocycles. The van der Waals surface area contributed by atoms with Crippen LogP contribution < -0.4 is 0 Å². The van der Waals surface area contributed by atoms with Crippen LogP contribution in [-0.4, -0.2) is 23.3 Å². The van der Waals surface area contributed by atoms with Crippen molar-refractivity contribution in [1.29, 1.82) is 0 Å². The van der Waals surface area contributed by atoms with Crippen LogP contribution in [0.5, 0.6) is 0 Å². The number of thiazole rings is 1. The van der Waals surface area contributed by atoms with Gasteiger partial charge in [0.25, 0.3) is 0 Å². The predicted molar refractivity (Wildman–Crippen MR) is 79.2 cm³/mol. The van der Waals surface area contributed by atoms with E-state index in [-0.39, 0.29) is 31.0 Å². The van der Waals surface area contributed by atoms with Gasteiger partial charge in [-0.15, -0.1) is 11.3 Å². The van der Waals surface area contributed by atoms with Crippen LogP contribution in [0.15, 0.2) is 18.2 Å². The summed E-state index contributed by atoms with van der Waals surface area (Å²) in [5, 5.41) is 1.31. The number of fused-ring (bicyclic) bond motifs is 1. The summed E-state index contributed by atoms with van der Waals surface area (Å²) in [7, 11) is 0. The largest absolute Gasteiger partial charge is 0.466 e. The van der Waals surface area contributed by atoms with E-state index in [4.69, 9.17) is 16.3 Å². The van der Waals surface area contributed by atoms with E-state index in [2.05, 4.69) is 4.98 Å². The van der Waals surface area contributed by atoms with Crippen LogP contribution in [0.3, 0.4) is 0 Å². The lowest BCUT2D eigenvalue weighted by molar-refractivity contribution is -0.144. The molecule has 1 heterocycles. The maximum Gasteiger partial charge on any atom is 0.306 e. The number of carbonyl (C=O) groups is 2. The van der Waals surface area contributed by atoms with E-state index in [0.29, 0.717) is 11.6 Å². The summed E-state index contributed by atoms with van der Waals surface area (Å²) in [6.45, 7) is 2.08. The Balaban J connectivity index is 1.96. The van der Waals surface area contributed by atoms with Gasteiger partial charge in [0.15, 0.2) is 0 Å². The highest BCUT2D eigenvalue weighted by atomic mass is 35.5. The van der Waals surface area contributed by atoms with Crippen LogP contribution in [0, 0.1) is 0 Å². The summed E-state index contributed by atoms with van der Waals surface area (Å²) in [5.41, 5.74) is 0.729. The first kappa shape index (κ1) is 14.9. The molecule has 20 heavy (non-hydrogen) atoms. The third-order valence-electron chi connectivity index (χ3n) is 2.68. The summed E-state index contributed by atoms with van der Waals surface area (Å²) in [5.74, 6) is -0.360. The van der Waals surface area contributed by atoms with E-state index >= 15 is 0 Å². The van der Waals surface area contributed by atoms with Crippen LogP contribution >= 0.6 is 22.9 Å². The second-order valence-electron chi connectivity index (χ2n) is 4.21. The zero-order chi connectivity index (χ0) is 14.5. The number of carbonyl (C=O) groups excluding carboxylic acids is 2. The minimum absolute atomic E-state index is 0.0202. The van der Waals surface area contributed by atoms with Gasteiger partial charge in [-0.3, -0.25) is 9.59 Å². The number of ketones is 1. The van der Waals surface area contributed by atoms with Crippen molar-refractivity contribution >= 4 is 44.9 Å². The highest BCUT2D eigenvalue weighted by molar-refractivity contribution is 7.18. The molecule has 0 aliphatic rings. The fraction of sp³-hybridized carbons (Fsp3) is 0.357. The highest BCUT2D eigenvalue weighted by Gasteiger charge is 2.12. The van der Waals surface area contributed by atoms with Crippen molar-refractivity contribution in [3.63, 3.8) is 0 Å². The molecule has 0 N–H and O–H groups in total. The second kappa shape index (κ2) is 6.81. The number of rotatable bonds is 6. The lowest BCUT2D eigenvalue weighted by Gasteiger charge is -2.00. The Morgan fingerprint density at radius 2 is 2.15 bits per heavy atom. The smallest absolute Gasteiger partial charge is 0.306 e. The monoisotopic (exact) mass is 311 g/mol. The van der Waals surface area contributed by atoms with Crippen molar-refractivity contribution in [3.05, 3.63) is 28.2 Å². The predicted octanol–water partition coefficient (Wildman–Crippen LogP) is 3.40. The molecule has 0 bridgehead atoms. The lowest BCUT2D eigenvalue weighted by Crippen LogP contribution is -2.09. The third kappa shape index (κ3) is 3.77. The van der Waals surface area contributed by atoms with Crippen molar-refractivity contribution in [2.45, 2.75) is 26.2 Å². The van der Waals surface area contributed by atoms with Gasteiger partial charge in [0.2, 0.25) is 0 Å². The topological polar surface area (TPSA) is 56.3 Å². The van der Waals surface area contributed by atoms with Crippen molar-refractivity contribution in [2.75, 3.05) is 6.61 Å². The number of benzene rings is 1. The molecule has 106 valence electrons. The summed E-state index contributed by atoms with van der Waals surface area (Å²) in [6, 6.07) is 5.55. The minimum atomic E-state index is -0.340. The molecule has 0 spiro atoms. The number of aromatic nitrogens is 1. The Hall–Kier alpha value is -1.46. The normalized spacial score (nSPS) is 10.7. The molecular weight excluding hydrogens is 298 g/mol. The van der Waals surface area contributed by atoms with Crippen LogP contribution in [0.2, 0.25) is 5.02 Å². The van der Waals surface area contributed by atoms with Crippen molar-refractivity contribution in [2.24, 2.45) is 0 Å². The number of hydrogen-bond donors (Lipinski definition) is 0. The van der Waals surface area contributed by atoms with Crippen molar-refractivity contribution in [1.82, 2.24) is 4.98 Å². The van der Waals surface area contributed by atoms with Gasteiger partial charge in [0.1, 0.15) is 16.3 Å². The van der Waals surface area contributed by atoms with Crippen LogP contribution in [0.1, 0.15) is 24.8 Å². The molecule has 0 saturated heterocycles. The number of esters is 1. The molecule has 2 rings (SSSR count). The second-order valence-corrected chi connectivity index (χ2v) is 5.74. The van der Waals surface area contributed by atoms with E-state index in [1.165, 1.54) is 11.3 Å². The molecule has 6 heteroatoms. The molecule has 0 fully saturated rings. The molecule has 0 amide bonds. The molecule has 0 radical (unpaired) electrons. The van der Waals surface area contributed by atoms with E-state index in [9.17, 15) is 9.59 Å². The molecule has 4 nitrogen and oxygen atoms in total. The van der Waals surface area contributed by atoms with E-state index in [1.54, 1.807) is 13.0 Å². The lowest BCUT2D eigenvalue weighted by atomic mass is 10.2. The van der Waals surface area contributed by atoms with Crippen molar-refractivity contribution < 1.29 is 14.3 Å². The zero-order valence-corrected chi connectivity index (χ0v) is 12.6. The fourth-order valence-electron chi connectivity index (χ4n) is 1.77. The SMILES string of the molecule is CCOC(=O)CCC(=O)Cc1nc2c(Cl)cccc2s1. The number of nitrogens with zero attached hydrogens (tertiary/aromatic N) is 1. The van der Waals surface area contributed by atoms with Gasteiger partial charge >= 0.3 is 5.97 Å². The molecule has 0 atom stereocenters. The fourth-order valence-corrected chi connectivity index (χ4v) is 3.06. The van der Waals surface area contributed by atoms with Gasteiger partial charge in [-0.05, 0) is 19.1 Å². The first-order valence-electron chi connectivity index (χ1n) is 6.31. The number of halogens is 1. The zero-order valence-electron chi connectivity index (χ0n) is 11.0. The van der Waals surface area contributed by atoms with Crippen LogP contribution in [0.25, 0.3) is 10.2 Å². The standard InChI is InChI=1S/C14H14ClNO3S/c1-2-19-13(18)7-6-9(17)8-12-16-14-10(15)4-3-5-11(14)20-12/h3-5H,2,6-8H2,1H3. The number of ether oxygens (including phenoxy) is 1. The summed E-state index contributed by atoms with van der Waals surface area (Å²) >= 11 is 7.49. The maximum absolute atomic E-state index is 11.8. The van der Waals surface area contributed by atoms with Gasteiger partial charge in [0, 0.05) is 6.42 Å². The summed E-state index contributed by atoms with van der Waals surface area (Å²) < 4.78 is 5.75. The third-order valence-corrected chi connectivity index (χ3v) is 4.00. The Labute approximate surface area is 125 Å². The number of Topliss-reactive ketones (excluding diaryl/α,β-unsaturated/α-hetero) is 1. The Kier molecular flexibility index (Phi) is 5.09. The average Bonchev–Trinajstić information content (AvgIpc) is 2.81. The van der Waals surface area contributed by atoms with Crippen molar-refractivity contribution in [3.8, 4) is 0 Å². The van der Waals surface area contributed by atoms with E-state index in [0.717, 1.165) is 15.2 Å². The Morgan fingerprint density at radius 3 is 2.85 bits per heavy atom. The number of hydrogen-bond acceptors (Lipinski definition) is 5. The minimum Gasteiger partial charge on any atom is -0.466 e. The summed E-state index contributed by atoms with van der Waals surface area (Å²) in [4.78, 5) is 27.4. The first-order valence-corrected chi connectivity index (χ1v) is 7.51. The first-order chi connectivity index (χ1) is 9.60. The van der Waals surface area contributed by atoms with Gasteiger partial charge < -0.3 is 4.74 Å². The van der Waals surface area contributed by atoms with Crippen LogP contribution in [0.4, 0.5) is 0 Å². The highest BCUT2D eigenvalue weighted by Crippen LogP contribution is 2.28. The summed E-state index contributed by atoms with van der Waals surface area (Å²) in [6.07, 6.45) is 0.538. The van der Waals surface area contributed by atoms with E-state index < -0.39 is 0 Å². The number of para-hydroxylation sites is 1. The van der Waals surface area contributed by atoms with Gasteiger partial charge in [0.05, 0.1) is 29.2 Å². The molecule has 0 aliphatic heterocycles. The Morgan fingerprint density at radius 1 is 1.35 bits per heavy atom. The maximum atomic E-state index is 11.8. The van der Waals surface area contributed by atoms with Gasteiger partial charge in [-0.25, -0.2) is 4.98 Å². The molecule has 2 aromatic rings. The van der Waals surface area contributed by atoms with E-state index in [1.807, 2.05) is 12.1 Å². The quantitative estimate of drug-likeness (QED) is 0.767. The van der Waals surface area contributed by atoms with Crippen LogP contribution in [-0.2, 0) is 20.7 Å². The molecule has 0 saturated carbocycles. The Bertz CT molecular complexity index is 638. The molecule has 0 unspecified atom stereocenters. The molecular formula is C14H14ClNO3S. The van der Waals surface area contributed by atoms with Gasteiger partial charge in [-0.1, -0.05) is 17.7 Å². The average molecular weight is 312 g/mol.